The second-order valence-corrected chi connectivity index (χ2v) is 15.9. The van der Waals surface area contributed by atoms with Crippen LogP contribution in [0.1, 0.15) is 16.8 Å². The highest BCUT2D eigenvalue weighted by Gasteiger charge is 2.70. The minimum absolute atomic E-state index is 0.0495. The number of ether oxygens (including phenoxy) is 3. The molecule has 6 atom stereocenters. The molecule has 196 valence electrons. The van der Waals surface area contributed by atoms with Crippen molar-refractivity contribution in [2.24, 2.45) is 23.7 Å². The molecule has 0 N–H and O–H groups in total. The molecule has 2 bridgehead atoms. The van der Waals surface area contributed by atoms with Gasteiger partial charge in [-0.05, 0) is 144 Å². The Kier molecular flexibility index (Phi) is 8.34. The third-order valence-electron chi connectivity index (χ3n) is 6.71. The Labute approximate surface area is 279 Å². The summed E-state index contributed by atoms with van der Waals surface area (Å²) < 4.78 is 54.4. The lowest BCUT2D eigenvalue weighted by molar-refractivity contribution is -0.149. The summed E-state index contributed by atoms with van der Waals surface area (Å²) in [6, 6.07) is 6.23. The molecule has 2 saturated carbocycles. The van der Waals surface area contributed by atoms with Crippen LogP contribution in [0.25, 0.3) is 0 Å². The Morgan fingerprint density at radius 1 is 0.973 bits per heavy atom. The van der Waals surface area contributed by atoms with E-state index < -0.39 is 58.0 Å². The first-order chi connectivity index (χ1) is 17.3. The van der Waals surface area contributed by atoms with Crippen LogP contribution in [0.3, 0.4) is 0 Å². The van der Waals surface area contributed by atoms with Crippen LogP contribution >= 0.6 is 113 Å². The van der Waals surface area contributed by atoms with Gasteiger partial charge in [0.1, 0.15) is 28.1 Å². The van der Waals surface area contributed by atoms with Crippen LogP contribution in [0.5, 0.6) is 5.75 Å². The number of rotatable bonds is 5. The van der Waals surface area contributed by atoms with Crippen molar-refractivity contribution in [2.75, 3.05) is 0 Å². The van der Waals surface area contributed by atoms with E-state index in [1.807, 2.05) is 6.07 Å². The van der Waals surface area contributed by atoms with Gasteiger partial charge < -0.3 is 18.8 Å². The van der Waals surface area contributed by atoms with Gasteiger partial charge in [-0.3, -0.25) is 9.59 Å². The predicted octanol–water partition coefficient (Wildman–Crippen LogP) is 4.55. The Balaban J connectivity index is 1.40. The largest absolute Gasteiger partial charge is 0.744 e. The maximum atomic E-state index is 13.3. The molecule has 0 amide bonds. The maximum Gasteiger partial charge on any atom is 0.339 e. The monoisotopic (exact) mass is 1090 g/mol. The van der Waals surface area contributed by atoms with Crippen molar-refractivity contribution in [1.82, 2.24) is 0 Å². The molecule has 1 saturated heterocycles. The fourth-order valence-electron chi connectivity index (χ4n) is 5.38. The molecule has 2 aromatic rings. The zero-order valence-electron chi connectivity index (χ0n) is 18.0. The third kappa shape index (κ3) is 5.27. The first-order valence-corrected chi connectivity index (χ1v) is 17.3. The molecule has 37 heavy (non-hydrogen) atoms. The molecule has 0 radical (unpaired) electrons. The van der Waals surface area contributed by atoms with Gasteiger partial charge in [0.05, 0.1) is 22.3 Å². The van der Waals surface area contributed by atoms with Gasteiger partial charge in [0.2, 0.25) is 0 Å². The van der Waals surface area contributed by atoms with Crippen LogP contribution in [0.15, 0.2) is 29.2 Å². The van der Waals surface area contributed by atoms with E-state index in [2.05, 4.69) is 67.8 Å². The zero-order chi connectivity index (χ0) is 27.0. The standard InChI is InChI=1S/C22H13I5O9S/c23-6-1-10(16(27)11(24)2-6)20(28)35-17-8-5-9-15(22(30)36-18(9)17)14(8)21(29)34-7-3-12(25)19(13(26)4-7)37(31,32)33/h1-4,8-9,14-15,17-18H,5H2,(H,31,32,33)/p-1. The van der Waals surface area contributed by atoms with E-state index >= 15 is 0 Å². The van der Waals surface area contributed by atoms with Gasteiger partial charge in [-0.25, -0.2) is 13.2 Å². The fraction of sp³-hybridized carbons (Fsp3) is 0.318. The number of carbonyl (C=O) groups excluding carboxylic acids is 3. The fourth-order valence-corrected chi connectivity index (χ4v) is 11.7. The van der Waals surface area contributed by atoms with Crippen molar-refractivity contribution in [1.29, 1.82) is 0 Å². The van der Waals surface area contributed by atoms with Crippen LogP contribution in [0.2, 0.25) is 0 Å². The van der Waals surface area contributed by atoms with E-state index in [4.69, 9.17) is 14.2 Å². The number of halogens is 5. The number of fused-ring (bicyclic) bond motifs is 1. The van der Waals surface area contributed by atoms with E-state index in [-0.39, 0.29) is 23.7 Å². The molecule has 0 aromatic heterocycles. The van der Waals surface area contributed by atoms with Gasteiger partial charge in [0.25, 0.3) is 0 Å². The minimum Gasteiger partial charge on any atom is -0.744 e. The number of esters is 3. The predicted molar refractivity (Wildman–Crippen MR) is 168 cm³/mol. The first kappa shape index (κ1) is 28.9. The SMILES string of the molecule is O=C(OC1C2CC3C1OC(=O)C3C2C(=O)Oc1cc(I)c(S(=O)(=O)[O-])c(I)c1)c1cc(I)cc(I)c1I. The molecule has 1 heterocycles. The molecule has 2 aliphatic carbocycles. The lowest BCUT2D eigenvalue weighted by Crippen LogP contribution is -2.44. The Morgan fingerprint density at radius 3 is 2.24 bits per heavy atom. The van der Waals surface area contributed by atoms with Crippen LogP contribution < -0.4 is 4.74 Å². The summed E-state index contributed by atoms with van der Waals surface area (Å²) in [6.07, 6.45) is -0.932. The average molecular weight is 1090 g/mol. The van der Waals surface area contributed by atoms with Gasteiger partial charge in [-0.1, -0.05) is 0 Å². The molecule has 5 rings (SSSR count). The van der Waals surface area contributed by atoms with Crippen molar-refractivity contribution in [3.8, 4) is 5.75 Å². The molecule has 15 heteroatoms. The van der Waals surface area contributed by atoms with E-state index in [1.54, 1.807) is 51.2 Å². The maximum absolute atomic E-state index is 13.3. The zero-order valence-corrected chi connectivity index (χ0v) is 29.6. The average Bonchev–Trinajstić information content (AvgIpc) is 3.38. The lowest BCUT2D eigenvalue weighted by Gasteiger charge is -2.30. The number of hydrogen-bond acceptors (Lipinski definition) is 9. The van der Waals surface area contributed by atoms with E-state index in [0.717, 1.165) is 10.7 Å². The summed E-state index contributed by atoms with van der Waals surface area (Å²) in [4.78, 5) is 38.8. The van der Waals surface area contributed by atoms with E-state index in [9.17, 15) is 27.4 Å². The molecule has 3 aliphatic rings. The molecular formula is C22H12I5O9S-. The summed E-state index contributed by atoms with van der Waals surface area (Å²) >= 11 is 9.73. The highest BCUT2D eigenvalue weighted by molar-refractivity contribution is 14.1. The van der Waals surface area contributed by atoms with Crippen molar-refractivity contribution in [3.63, 3.8) is 0 Å². The van der Waals surface area contributed by atoms with Crippen molar-refractivity contribution in [2.45, 2.75) is 23.5 Å². The van der Waals surface area contributed by atoms with Gasteiger partial charge in [-0.15, -0.1) is 0 Å². The van der Waals surface area contributed by atoms with Crippen molar-refractivity contribution < 1.29 is 41.6 Å². The summed E-state index contributed by atoms with van der Waals surface area (Å²) in [7, 11) is -4.71. The smallest absolute Gasteiger partial charge is 0.339 e. The summed E-state index contributed by atoms with van der Waals surface area (Å²) in [5, 5.41) is 0. The molecule has 0 spiro atoms. The number of benzene rings is 2. The molecule has 9 nitrogen and oxygen atoms in total. The Morgan fingerprint density at radius 2 is 1.62 bits per heavy atom. The molecular weight excluding hydrogens is 1070 g/mol. The highest BCUT2D eigenvalue weighted by atomic mass is 127. The van der Waals surface area contributed by atoms with Crippen LogP contribution in [-0.2, 0) is 29.2 Å². The van der Waals surface area contributed by atoms with Crippen LogP contribution in [0, 0.1) is 41.5 Å². The summed E-state index contributed by atoms with van der Waals surface area (Å²) in [5.74, 6) is -4.04. The third-order valence-corrected chi connectivity index (χ3v) is 13.8. The molecule has 1 aliphatic heterocycles. The number of hydrogen-bond donors (Lipinski definition) is 0. The lowest BCUT2D eigenvalue weighted by atomic mass is 9.78. The van der Waals surface area contributed by atoms with E-state index in [1.165, 1.54) is 12.1 Å². The molecule has 2 aromatic carbocycles. The normalized spacial score (nSPS) is 27.8. The second-order valence-electron chi connectivity index (χ2n) is 8.73. The van der Waals surface area contributed by atoms with Gasteiger partial charge >= 0.3 is 17.9 Å². The van der Waals surface area contributed by atoms with E-state index in [0.29, 0.717) is 12.0 Å². The molecule has 6 unspecified atom stereocenters. The Hall–Kier alpha value is 0.410. The van der Waals surface area contributed by atoms with Gasteiger partial charge in [-0.2, -0.15) is 0 Å². The summed E-state index contributed by atoms with van der Waals surface area (Å²) in [6.45, 7) is 0. The van der Waals surface area contributed by atoms with Crippen LogP contribution in [0.4, 0.5) is 0 Å². The first-order valence-electron chi connectivity index (χ1n) is 10.5. The van der Waals surface area contributed by atoms with Gasteiger partial charge in [0, 0.05) is 29.7 Å². The Bertz CT molecular complexity index is 1450. The molecule has 3 fully saturated rings. The van der Waals surface area contributed by atoms with Crippen molar-refractivity contribution >= 4 is 141 Å². The highest BCUT2D eigenvalue weighted by Crippen LogP contribution is 2.59. The summed E-state index contributed by atoms with van der Waals surface area (Å²) in [5.41, 5.74) is 0.400. The second kappa shape index (κ2) is 10.7. The minimum atomic E-state index is -4.71. The van der Waals surface area contributed by atoms with Crippen LogP contribution in [-0.4, -0.2) is 43.1 Å². The quantitative estimate of drug-likeness (QED) is 0.139. The topological polar surface area (TPSA) is 136 Å². The van der Waals surface area contributed by atoms with Gasteiger partial charge in [0.15, 0.2) is 0 Å². The number of carbonyl (C=O) groups is 3. The van der Waals surface area contributed by atoms with Crippen molar-refractivity contribution in [3.05, 3.63) is 47.7 Å².